The highest BCUT2D eigenvalue weighted by Gasteiger charge is 2.37. The molecule has 1 N–H and O–H groups in total. The molecule has 0 saturated heterocycles. The van der Waals surface area contributed by atoms with Gasteiger partial charge in [0, 0.05) is 5.92 Å². The first kappa shape index (κ1) is 17.3. The van der Waals surface area contributed by atoms with Crippen LogP contribution in [0.1, 0.15) is 51.2 Å². The van der Waals surface area contributed by atoms with Crippen molar-refractivity contribution in [1.82, 2.24) is 5.32 Å². The van der Waals surface area contributed by atoms with Gasteiger partial charge in [-0.15, -0.1) is 0 Å². The van der Waals surface area contributed by atoms with Crippen LogP contribution in [0.4, 0.5) is 4.79 Å². The summed E-state index contributed by atoms with van der Waals surface area (Å²) in [6, 6.07) is 7.28. The van der Waals surface area contributed by atoms with Gasteiger partial charge in [-0.1, -0.05) is 24.3 Å². The third-order valence-electron chi connectivity index (χ3n) is 3.79. The average molecular weight is 319 g/mol. The van der Waals surface area contributed by atoms with Crippen molar-refractivity contribution < 1.29 is 19.1 Å². The van der Waals surface area contributed by atoms with Gasteiger partial charge in [0.25, 0.3) is 0 Å². The van der Waals surface area contributed by atoms with Crippen LogP contribution in [0, 0.1) is 0 Å². The number of amides is 1. The van der Waals surface area contributed by atoms with Crippen molar-refractivity contribution in [1.29, 1.82) is 0 Å². The quantitative estimate of drug-likeness (QED) is 0.866. The Bertz CT molecular complexity index is 577. The number of fused-ring (bicyclic) bond motifs is 1. The fourth-order valence-corrected chi connectivity index (χ4v) is 2.93. The summed E-state index contributed by atoms with van der Waals surface area (Å²) in [5, 5.41) is 2.71. The number of esters is 1. The molecule has 0 spiro atoms. The van der Waals surface area contributed by atoms with E-state index in [2.05, 4.69) is 11.4 Å². The van der Waals surface area contributed by atoms with E-state index in [0.717, 1.165) is 18.4 Å². The Labute approximate surface area is 137 Å². The van der Waals surface area contributed by atoms with E-state index in [9.17, 15) is 9.59 Å². The molecule has 126 valence electrons. The number of carbonyl (C=O) groups is 2. The molecule has 2 rings (SSSR count). The van der Waals surface area contributed by atoms with Crippen LogP contribution in [-0.4, -0.2) is 30.3 Å². The highest BCUT2D eigenvalue weighted by atomic mass is 16.6. The maximum absolute atomic E-state index is 12.3. The molecule has 1 aromatic carbocycles. The van der Waals surface area contributed by atoms with Gasteiger partial charge in [0.1, 0.15) is 11.6 Å². The number of rotatable bonds is 4. The minimum absolute atomic E-state index is 0.0854. The largest absolute Gasteiger partial charge is 0.464 e. The molecule has 2 atom stereocenters. The van der Waals surface area contributed by atoms with Crippen LogP contribution >= 0.6 is 0 Å². The zero-order valence-corrected chi connectivity index (χ0v) is 14.2. The molecule has 1 aliphatic carbocycles. The lowest BCUT2D eigenvalue weighted by atomic mass is 9.93. The maximum Gasteiger partial charge on any atom is 0.408 e. The van der Waals surface area contributed by atoms with Crippen LogP contribution in [0.2, 0.25) is 0 Å². The standard InChI is InChI=1S/C18H25NO4/c1-5-22-16(20)15(19-17(21)23-18(2,3)4)14-11-10-12-8-6-7-9-13(12)14/h6-9,14-15H,5,10-11H2,1-4H3,(H,19,21)/t14-,15+/m1/s1. The second-order valence-corrected chi connectivity index (χ2v) is 6.72. The Morgan fingerprint density at radius 2 is 2.00 bits per heavy atom. The summed E-state index contributed by atoms with van der Waals surface area (Å²) >= 11 is 0. The summed E-state index contributed by atoms with van der Waals surface area (Å²) in [6.07, 6.45) is 1.10. The number of benzene rings is 1. The van der Waals surface area contributed by atoms with Crippen molar-refractivity contribution in [3.63, 3.8) is 0 Å². The highest BCUT2D eigenvalue weighted by molar-refractivity contribution is 5.83. The molecular weight excluding hydrogens is 294 g/mol. The smallest absolute Gasteiger partial charge is 0.408 e. The zero-order valence-electron chi connectivity index (χ0n) is 14.2. The van der Waals surface area contributed by atoms with Crippen LogP contribution in [0.5, 0.6) is 0 Å². The molecular formula is C18H25NO4. The van der Waals surface area contributed by atoms with Gasteiger partial charge in [-0.3, -0.25) is 0 Å². The minimum atomic E-state index is -0.728. The number of nitrogens with one attached hydrogen (secondary N) is 1. The van der Waals surface area contributed by atoms with Gasteiger partial charge in [0.15, 0.2) is 0 Å². The van der Waals surface area contributed by atoms with Gasteiger partial charge in [0.2, 0.25) is 0 Å². The molecule has 5 nitrogen and oxygen atoms in total. The Morgan fingerprint density at radius 3 is 2.65 bits per heavy atom. The van der Waals surface area contributed by atoms with Gasteiger partial charge in [0.05, 0.1) is 6.61 Å². The van der Waals surface area contributed by atoms with E-state index in [0.29, 0.717) is 0 Å². The molecule has 0 unspecified atom stereocenters. The molecule has 0 bridgehead atoms. The topological polar surface area (TPSA) is 64.6 Å². The number of ether oxygens (including phenoxy) is 2. The minimum Gasteiger partial charge on any atom is -0.464 e. The fraction of sp³-hybridized carbons (Fsp3) is 0.556. The maximum atomic E-state index is 12.3. The highest BCUT2D eigenvalue weighted by Crippen LogP contribution is 2.35. The normalized spacial score (nSPS) is 18.0. The van der Waals surface area contributed by atoms with Gasteiger partial charge in [-0.05, 0) is 51.7 Å². The summed E-state index contributed by atoms with van der Waals surface area (Å²) in [5.41, 5.74) is 1.70. The molecule has 0 radical (unpaired) electrons. The van der Waals surface area contributed by atoms with Crippen molar-refractivity contribution in [3.8, 4) is 0 Å². The predicted molar refractivity (Wildman–Crippen MR) is 87.3 cm³/mol. The van der Waals surface area contributed by atoms with E-state index >= 15 is 0 Å². The number of aryl methyl sites for hydroxylation is 1. The SMILES string of the molecule is CCOC(=O)[C@@H](NC(=O)OC(C)(C)C)[C@@H]1CCc2ccccc21. The second kappa shape index (κ2) is 7.02. The number of carbonyl (C=O) groups excluding carboxylic acids is 2. The van der Waals surface area contributed by atoms with Crippen LogP contribution in [0.25, 0.3) is 0 Å². The van der Waals surface area contributed by atoms with Crippen molar-refractivity contribution in [3.05, 3.63) is 35.4 Å². The summed E-state index contributed by atoms with van der Waals surface area (Å²) in [6.45, 7) is 7.40. The first-order valence-electron chi connectivity index (χ1n) is 8.05. The van der Waals surface area contributed by atoms with Crippen LogP contribution in [0.3, 0.4) is 0 Å². The zero-order chi connectivity index (χ0) is 17.0. The monoisotopic (exact) mass is 319 g/mol. The van der Waals surface area contributed by atoms with E-state index in [1.807, 2.05) is 18.2 Å². The summed E-state index contributed by atoms with van der Waals surface area (Å²) in [4.78, 5) is 24.5. The third kappa shape index (κ3) is 4.47. The van der Waals surface area contributed by atoms with E-state index < -0.39 is 23.7 Å². The van der Waals surface area contributed by atoms with E-state index in [-0.39, 0.29) is 12.5 Å². The third-order valence-corrected chi connectivity index (χ3v) is 3.79. The Hall–Kier alpha value is -2.04. The summed E-state index contributed by atoms with van der Waals surface area (Å²) in [5.74, 6) is -0.502. The van der Waals surface area contributed by atoms with E-state index in [4.69, 9.17) is 9.47 Å². The molecule has 5 heteroatoms. The molecule has 23 heavy (non-hydrogen) atoms. The Kier molecular flexibility index (Phi) is 5.29. The molecule has 0 aromatic heterocycles. The lowest BCUT2D eigenvalue weighted by Gasteiger charge is -2.26. The first-order chi connectivity index (χ1) is 10.8. The number of hydrogen-bond acceptors (Lipinski definition) is 4. The summed E-state index contributed by atoms with van der Waals surface area (Å²) in [7, 11) is 0. The van der Waals surface area contributed by atoms with Crippen LogP contribution in [-0.2, 0) is 20.7 Å². The van der Waals surface area contributed by atoms with Crippen LogP contribution in [0.15, 0.2) is 24.3 Å². The molecule has 0 saturated carbocycles. The van der Waals surface area contributed by atoms with Crippen molar-refractivity contribution in [2.45, 2.75) is 58.1 Å². The van der Waals surface area contributed by atoms with Crippen molar-refractivity contribution in [2.75, 3.05) is 6.61 Å². The van der Waals surface area contributed by atoms with Crippen molar-refractivity contribution in [2.24, 2.45) is 0 Å². The molecule has 1 aliphatic rings. The number of hydrogen-bond donors (Lipinski definition) is 1. The molecule has 1 amide bonds. The summed E-state index contributed by atoms with van der Waals surface area (Å²) < 4.78 is 10.4. The van der Waals surface area contributed by atoms with E-state index in [1.54, 1.807) is 27.7 Å². The van der Waals surface area contributed by atoms with E-state index in [1.165, 1.54) is 5.56 Å². The molecule has 1 aromatic rings. The van der Waals surface area contributed by atoms with Gasteiger partial charge in [-0.25, -0.2) is 9.59 Å². The van der Waals surface area contributed by atoms with Crippen LogP contribution < -0.4 is 5.32 Å². The second-order valence-electron chi connectivity index (χ2n) is 6.72. The molecule has 0 aliphatic heterocycles. The van der Waals surface area contributed by atoms with Gasteiger partial charge >= 0.3 is 12.1 Å². The Balaban J connectivity index is 2.19. The lowest BCUT2D eigenvalue weighted by molar-refractivity contribution is -0.146. The average Bonchev–Trinajstić information content (AvgIpc) is 2.87. The first-order valence-corrected chi connectivity index (χ1v) is 8.05. The lowest BCUT2D eigenvalue weighted by Crippen LogP contribution is -2.47. The van der Waals surface area contributed by atoms with Gasteiger partial charge < -0.3 is 14.8 Å². The predicted octanol–water partition coefficient (Wildman–Crippen LogP) is 3.17. The van der Waals surface area contributed by atoms with Crippen molar-refractivity contribution >= 4 is 12.1 Å². The Morgan fingerprint density at radius 1 is 1.30 bits per heavy atom. The molecule has 0 fully saturated rings. The fourth-order valence-electron chi connectivity index (χ4n) is 2.93. The number of alkyl carbamates (subject to hydrolysis) is 1. The van der Waals surface area contributed by atoms with Gasteiger partial charge in [-0.2, -0.15) is 0 Å². The molecule has 0 heterocycles.